The van der Waals surface area contributed by atoms with Gasteiger partial charge in [0.25, 0.3) is 0 Å². The van der Waals surface area contributed by atoms with E-state index in [1.165, 1.54) is 24.4 Å². The summed E-state index contributed by atoms with van der Waals surface area (Å²) < 4.78 is 4.50. The molecule has 0 aliphatic rings. The van der Waals surface area contributed by atoms with Crippen LogP contribution in [0.3, 0.4) is 0 Å². The van der Waals surface area contributed by atoms with Crippen molar-refractivity contribution >= 4 is 43.2 Å². The largest absolute Gasteiger partial charge is 0.312 e. The molecule has 0 spiro atoms. The molecule has 0 radical (unpaired) electrons. The highest BCUT2D eigenvalue weighted by Crippen LogP contribution is 2.34. The Kier molecular flexibility index (Phi) is 6.05. The fraction of sp³-hybridized carbons (Fsp3) is 0.533. The molecule has 3 nitrogen and oxygen atoms in total. The van der Waals surface area contributed by atoms with Crippen LogP contribution in [-0.4, -0.2) is 16.8 Å². The van der Waals surface area contributed by atoms with Gasteiger partial charge in [-0.25, -0.2) is 0 Å². The van der Waals surface area contributed by atoms with Crippen molar-refractivity contribution in [3.8, 4) is 0 Å². The second-order valence-corrected chi connectivity index (χ2v) is 8.22. The van der Waals surface area contributed by atoms with Crippen LogP contribution in [0.15, 0.2) is 14.3 Å². The molecule has 0 aliphatic heterocycles. The second kappa shape index (κ2) is 7.40. The van der Waals surface area contributed by atoms with Crippen LogP contribution in [0.1, 0.15) is 41.7 Å². The number of nitrogens with one attached hydrogen (secondary N) is 1. The zero-order valence-electron chi connectivity index (χ0n) is 12.8. The summed E-state index contributed by atoms with van der Waals surface area (Å²) in [5, 5.41) is 8.13. The average Bonchev–Trinajstić information content (AvgIpc) is 2.96. The summed E-state index contributed by atoms with van der Waals surface area (Å²) in [6.07, 6.45) is 1.89. The minimum Gasteiger partial charge on any atom is -0.312 e. The molecule has 2 aromatic heterocycles. The predicted molar refractivity (Wildman–Crippen MR) is 97.2 cm³/mol. The lowest BCUT2D eigenvalue weighted by Crippen LogP contribution is -2.19. The van der Waals surface area contributed by atoms with Crippen molar-refractivity contribution in [1.82, 2.24) is 15.1 Å². The summed E-state index contributed by atoms with van der Waals surface area (Å²) in [5.41, 5.74) is 3.72. The topological polar surface area (TPSA) is 29.9 Å². The number of likely N-dealkylation sites (N-methyl/N-ethyl adjacent to an activating group) is 1. The molecule has 0 aromatic carbocycles. The number of rotatable bonds is 6. The van der Waals surface area contributed by atoms with Crippen LogP contribution in [0.4, 0.5) is 0 Å². The maximum absolute atomic E-state index is 4.69. The number of thiophene rings is 1. The molecule has 0 saturated heterocycles. The van der Waals surface area contributed by atoms with E-state index < -0.39 is 0 Å². The van der Waals surface area contributed by atoms with Crippen LogP contribution >= 0.6 is 43.2 Å². The molecule has 0 bridgehead atoms. The summed E-state index contributed by atoms with van der Waals surface area (Å²) in [5.74, 6) is 0. The Morgan fingerprint density at radius 1 is 1.38 bits per heavy atom. The van der Waals surface area contributed by atoms with Crippen LogP contribution < -0.4 is 5.32 Å². The van der Waals surface area contributed by atoms with Gasteiger partial charge in [0.2, 0.25) is 0 Å². The van der Waals surface area contributed by atoms with Gasteiger partial charge in [-0.05, 0) is 70.8 Å². The summed E-state index contributed by atoms with van der Waals surface area (Å²) in [6.45, 7) is 7.32. The number of hydrogen-bond donors (Lipinski definition) is 1. The van der Waals surface area contributed by atoms with Crippen molar-refractivity contribution in [2.24, 2.45) is 0 Å². The first-order chi connectivity index (χ1) is 10.0. The van der Waals surface area contributed by atoms with E-state index in [1.54, 1.807) is 0 Å². The smallest absolute Gasteiger partial charge is 0.0766 e. The third-order valence-corrected chi connectivity index (χ3v) is 6.83. The zero-order chi connectivity index (χ0) is 15.6. The summed E-state index contributed by atoms with van der Waals surface area (Å²) >= 11 is 9.16. The normalized spacial score (nSPS) is 12.9. The molecule has 6 heteroatoms. The molecule has 2 aromatic rings. The Hall–Kier alpha value is -0.170. The molecule has 21 heavy (non-hydrogen) atoms. The number of halogens is 2. The monoisotopic (exact) mass is 433 g/mol. The average molecular weight is 435 g/mol. The maximum atomic E-state index is 4.69. The van der Waals surface area contributed by atoms with Gasteiger partial charge in [0.05, 0.1) is 19.6 Å². The molecule has 116 valence electrons. The predicted octanol–water partition coefficient (Wildman–Crippen LogP) is 4.86. The minimum atomic E-state index is 0.308. The van der Waals surface area contributed by atoms with Crippen molar-refractivity contribution < 1.29 is 0 Å². The molecule has 2 heterocycles. The SMILES string of the molecule is CCc1nn(CC)c(CC(NC)c2cc(C)c(Br)s2)c1Br. The zero-order valence-corrected chi connectivity index (χ0v) is 16.8. The van der Waals surface area contributed by atoms with Crippen molar-refractivity contribution in [2.75, 3.05) is 7.05 Å². The third kappa shape index (κ3) is 3.60. The molecule has 1 atom stereocenters. The lowest BCUT2D eigenvalue weighted by molar-refractivity contribution is 0.545. The summed E-state index contributed by atoms with van der Waals surface area (Å²) in [4.78, 5) is 1.36. The molecule has 2 rings (SSSR count). The Morgan fingerprint density at radius 3 is 2.57 bits per heavy atom. The van der Waals surface area contributed by atoms with E-state index in [0.717, 1.165) is 25.1 Å². The van der Waals surface area contributed by atoms with Crippen LogP contribution in [-0.2, 0) is 19.4 Å². The fourth-order valence-electron chi connectivity index (χ4n) is 2.41. The van der Waals surface area contributed by atoms with Crippen molar-refractivity contribution in [3.05, 3.63) is 36.2 Å². The number of aryl methyl sites for hydroxylation is 3. The molecule has 0 amide bonds. The Bertz CT molecular complexity index is 599. The fourth-order valence-corrected chi connectivity index (χ4v) is 4.81. The highest BCUT2D eigenvalue weighted by molar-refractivity contribution is 9.11. The van der Waals surface area contributed by atoms with E-state index in [0.29, 0.717) is 6.04 Å². The molecular formula is C15H21Br2N3S. The first-order valence-electron chi connectivity index (χ1n) is 7.18. The van der Waals surface area contributed by atoms with Crippen molar-refractivity contribution in [3.63, 3.8) is 0 Å². The van der Waals surface area contributed by atoms with E-state index in [-0.39, 0.29) is 0 Å². The summed E-state index contributed by atoms with van der Waals surface area (Å²) in [6, 6.07) is 2.57. The van der Waals surface area contributed by atoms with Crippen LogP contribution in [0, 0.1) is 6.92 Å². The van der Waals surface area contributed by atoms with E-state index in [1.807, 2.05) is 18.4 Å². The van der Waals surface area contributed by atoms with E-state index in [9.17, 15) is 0 Å². The highest BCUT2D eigenvalue weighted by Gasteiger charge is 2.20. The quantitative estimate of drug-likeness (QED) is 0.703. The first kappa shape index (κ1) is 17.2. The van der Waals surface area contributed by atoms with Gasteiger partial charge < -0.3 is 5.32 Å². The number of nitrogens with zero attached hydrogens (tertiary/aromatic N) is 2. The van der Waals surface area contributed by atoms with E-state index in [4.69, 9.17) is 0 Å². The molecule has 1 N–H and O–H groups in total. The van der Waals surface area contributed by atoms with Crippen molar-refractivity contribution in [2.45, 2.75) is 46.2 Å². The molecular weight excluding hydrogens is 414 g/mol. The van der Waals surface area contributed by atoms with E-state index in [2.05, 4.69) is 73.8 Å². The van der Waals surface area contributed by atoms with Gasteiger partial charge in [-0.1, -0.05) is 6.92 Å². The van der Waals surface area contributed by atoms with Crippen LogP contribution in [0.25, 0.3) is 0 Å². The number of hydrogen-bond acceptors (Lipinski definition) is 3. The van der Waals surface area contributed by atoms with Gasteiger partial charge in [-0.15, -0.1) is 11.3 Å². The maximum Gasteiger partial charge on any atom is 0.0766 e. The van der Waals surface area contributed by atoms with Crippen LogP contribution in [0.2, 0.25) is 0 Å². The minimum absolute atomic E-state index is 0.308. The molecule has 0 aliphatic carbocycles. The molecule has 1 unspecified atom stereocenters. The molecule has 0 fully saturated rings. The standard InChI is InChI=1S/C15H21Br2N3S/c1-5-10-14(16)12(20(6-2)19-10)8-11(18-4)13-7-9(3)15(17)21-13/h7,11,18H,5-6,8H2,1-4H3. The van der Waals surface area contributed by atoms with Gasteiger partial charge in [0.1, 0.15) is 0 Å². The van der Waals surface area contributed by atoms with Gasteiger partial charge in [-0.2, -0.15) is 5.10 Å². The lowest BCUT2D eigenvalue weighted by atomic mass is 10.1. The molecule has 0 saturated carbocycles. The van der Waals surface area contributed by atoms with Gasteiger partial charge in [0, 0.05) is 23.9 Å². The summed E-state index contributed by atoms with van der Waals surface area (Å²) in [7, 11) is 2.02. The van der Waals surface area contributed by atoms with E-state index >= 15 is 0 Å². The van der Waals surface area contributed by atoms with Gasteiger partial charge >= 0.3 is 0 Å². The third-order valence-electron chi connectivity index (χ3n) is 3.66. The van der Waals surface area contributed by atoms with Gasteiger partial charge in [0.15, 0.2) is 0 Å². The van der Waals surface area contributed by atoms with Gasteiger partial charge in [-0.3, -0.25) is 4.68 Å². The number of aromatic nitrogens is 2. The van der Waals surface area contributed by atoms with Crippen molar-refractivity contribution in [1.29, 1.82) is 0 Å². The first-order valence-corrected chi connectivity index (χ1v) is 9.59. The Labute approximate surface area is 147 Å². The highest BCUT2D eigenvalue weighted by atomic mass is 79.9. The Morgan fingerprint density at radius 2 is 2.10 bits per heavy atom. The van der Waals surface area contributed by atoms with Crippen LogP contribution in [0.5, 0.6) is 0 Å². The lowest BCUT2D eigenvalue weighted by Gasteiger charge is -2.15. The second-order valence-electron chi connectivity index (χ2n) is 5.03. The Balaban J connectivity index is 2.32.